The number of hydrogen-bond donors (Lipinski definition) is 0. The van der Waals surface area contributed by atoms with Crippen molar-refractivity contribution in [2.45, 2.75) is 0 Å². The van der Waals surface area contributed by atoms with E-state index in [-0.39, 0.29) is 0 Å². The summed E-state index contributed by atoms with van der Waals surface area (Å²) in [4.78, 5) is 7.88. The topological polar surface area (TPSA) is 51.4 Å². The van der Waals surface area contributed by atoms with Crippen molar-refractivity contribution in [1.82, 2.24) is 0 Å². The van der Waals surface area contributed by atoms with Gasteiger partial charge in [-0.2, -0.15) is 0 Å². The highest BCUT2D eigenvalue weighted by atomic mass is 31.1. The molecule has 0 amide bonds. The highest BCUT2D eigenvalue weighted by Gasteiger charge is 2.14. The first-order valence-corrected chi connectivity index (χ1v) is 8.08. The molecule has 0 radical (unpaired) electrons. The molecule has 3 nitrogen and oxygen atoms in total. The van der Waals surface area contributed by atoms with Gasteiger partial charge in [0, 0.05) is 0 Å². The van der Waals surface area contributed by atoms with Gasteiger partial charge in [-0.05, 0) is 23.8 Å². The minimum Gasteiger partial charge on any atom is -0.0772 e. The van der Waals surface area contributed by atoms with E-state index in [2.05, 4.69) is 91.0 Å². The second kappa shape index (κ2) is 8.71. The quantitative estimate of drug-likeness (QED) is 0.323. The Bertz CT molecular complexity index is 579. The normalized spacial score (nSPS) is 9.68. The summed E-state index contributed by atoms with van der Waals surface area (Å²) in [5, 5.41) is 12.1. The Balaban J connectivity index is 0.000000545. The summed E-state index contributed by atoms with van der Waals surface area (Å²) in [6.45, 7) is 0. The van der Waals surface area contributed by atoms with Crippen LogP contribution in [0.25, 0.3) is 0 Å². The number of hydrogen-bond acceptors (Lipinski definition) is 2. The Morgan fingerprint density at radius 2 is 0.818 bits per heavy atom. The van der Waals surface area contributed by atoms with E-state index in [1.807, 2.05) is 0 Å². The van der Waals surface area contributed by atoms with Crippen LogP contribution in [0.4, 0.5) is 0 Å². The van der Waals surface area contributed by atoms with Crippen molar-refractivity contribution < 1.29 is 5.26 Å². The van der Waals surface area contributed by atoms with Crippen LogP contribution in [0.2, 0.25) is 0 Å². The predicted molar refractivity (Wildman–Crippen MR) is 91.9 cm³/mol. The molecular formula is C18H15O3P. The van der Waals surface area contributed by atoms with Crippen LogP contribution < -0.4 is 21.2 Å². The fourth-order valence-electron chi connectivity index (χ4n) is 2.18. The SMILES string of the molecule is O=[O+][O-].c1ccc(P(c2ccccc2)c2ccccc2)cc1. The van der Waals surface area contributed by atoms with E-state index >= 15 is 0 Å². The molecule has 0 saturated carbocycles. The molecule has 0 aromatic heterocycles. The summed E-state index contributed by atoms with van der Waals surface area (Å²) in [6, 6.07) is 32.3. The van der Waals surface area contributed by atoms with E-state index in [9.17, 15) is 0 Å². The molecule has 0 heterocycles. The molecule has 3 aromatic carbocycles. The van der Waals surface area contributed by atoms with Crippen LogP contribution in [-0.2, 0) is 0 Å². The fourth-order valence-corrected chi connectivity index (χ4v) is 4.48. The van der Waals surface area contributed by atoms with Crippen LogP contribution >= 0.6 is 7.92 Å². The number of benzene rings is 3. The van der Waals surface area contributed by atoms with Crippen LogP contribution in [0.15, 0.2) is 91.0 Å². The third kappa shape index (κ3) is 4.24. The summed E-state index contributed by atoms with van der Waals surface area (Å²) >= 11 is 0. The lowest BCUT2D eigenvalue weighted by atomic mass is 10.4. The second-order valence-electron chi connectivity index (χ2n) is 4.41. The van der Waals surface area contributed by atoms with E-state index in [4.69, 9.17) is 10.2 Å². The summed E-state index contributed by atoms with van der Waals surface area (Å²) in [5.41, 5.74) is 0. The van der Waals surface area contributed by atoms with Gasteiger partial charge in [-0.1, -0.05) is 101 Å². The molecule has 0 atom stereocenters. The van der Waals surface area contributed by atoms with Gasteiger partial charge in [0.15, 0.2) is 4.75 Å². The van der Waals surface area contributed by atoms with Gasteiger partial charge in [-0.25, -0.2) is 0 Å². The third-order valence-electron chi connectivity index (χ3n) is 3.04. The van der Waals surface area contributed by atoms with Crippen molar-refractivity contribution in [1.29, 1.82) is 0 Å². The molecule has 0 spiro atoms. The van der Waals surface area contributed by atoms with Crippen LogP contribution in [0.3, 0.4) is 0 Å². The van der Waals surface area contributed by atoms with Gasteiger partial charge in [0.25, 0.3) is 0 Å². The molecule has 0 aliphatic rings. The van der Waals surface area contributed by atoms with Crippen LogP contribution in [-0.4, -0.2) is 0 Å². The van der Waals surface area contributed by atoms with E-state index < -0.39 is 7.92 Å². The minimum absolute atomic E-state index is 0.446. The standard InChI is InChI=1S/C18H15P.O3/c1-4-10-16(11-5-1)19(17-12-6-2-7-13-17)18-14-8-3-9-15-18;1-3-2/h1-15H;. The van der Waals surface area contributed by atoms with Crippen molar-refractivity contribution in [3.8, 4) is 0 Å². The maximum Gasteiger partial charge on any atom is 0.154 e. The molecule has 0 aliphatic heterocycles. The molecule has 0 unspecified atom stereocenters. The highest BCUT2D eigenvalue weighted by molar-refractivity contribution is 7.79. The van der Waals surface area contributed by atoms with Gasteiger partial charge in [-0.15, -0.1) is 0 Å². The average molecular weight is 310 g/mol. The Labute approximate surface area is 130 Å². The third-order valence-corrected chi connectivity index (χ3v) is 5.49. The predicted octanol–water partition coefficient (Wildman–Crippen LogP) is 2.32. The fraction of sp³-hybridized carbons (Fsp3) is 0. The number of rotatable bonds is 3. The first kappa shape index (κ1) is 15.9. The molecule has 110 valence electrons. The van der Waals surface area contributed by atoms with Crippen LogP contribution in [0.5, 0.6) is 0 Å². The highest BCUT2D eigenvalue weighted by Crippen LogP contribution is 2.32. The van der Waals surface area contributed by atoms with Gasteiger partial charge in [-0.3, -0.25) is 0 Å². The molecule has 4 heteroatoms. The summed E-state index contributed by atoms with van der Waals surface area (Å²) < 4.78 is 1.75. The van der Waals surface area contributed by atoms with Gasteiger partial charge < -0.3 is 0 Å². The zero-order valence-corrected chi connectivity index (χ0v) is 12.7. The molecule has 0 bridgehead atoms. The Hall–Kier alpha value is -2.51. The molecular weight excluding hydrogens is 295 g/mol. The first-order chi connectivity index (χ1) is 10.9. The van der Waals surface area contributed by atoms with Crippen LogP contribution in [0.1, 0.15) is 0 Å². The van der Waals surface area contributed by atoms with Gasteiger partial charge in [0.2, 0.25) is 0 Å². The molecule has 3 rings (SSSR count). The minimum atomic E-state index is -0.446. The molecule has 22 heavy (non-hydrogen) atoms. The van der Waals surface area contributed by atoms with E-state index in [1.165, 1.54) is 15.9 Å². The average Bonchev–Trinajstić information content (AvgIpc) is 2.59. The van der Waals surface area contributed by atoms with E-state index in [0.29, 0.717) is 0 Å². The van der Waals surface area contributed by atoms with E-state index in [0.717, 1.165) is 0 Å². The smallest absolute Gasteiger partial charge is 0.0772 e. The van der Waals surface area contributed by atoms with Crippen LogP contribution in [0, 0.1) is 9.71 Å². The monoisotopic (exact) mass is 310 g/mol. The van der Waals surface area contributed by atoms with Crippen molar-refractivity contribution in [2.75, 3.05) is 0 Å². The largest absolute Gasteiger partial charge is 0.154 e. The Kier molecular flexibility index (Phi) is 6.28. The lowest BCUT2D eigenvalue weighted by Crippen LogP contribution is -2.20. The molecule has 0 fully saturated rings. The molecule has 0 N–H and O–H groups in total. The maximum absolute atomic E-state index is 7.88. The maximum atomic E-state index is 7.88. The van der Waals surface area contributed by atoms with Crippen molar-refractivity contribution in [2.24, 2.45) is 0 Å². The first-order valence-electron chi connectivity index (χ1n) is 6.74. The summed E-state index contributed by atoms with van der Waals surface area (Å²) in [5.74, 6) is 0. The van der Waals surface area contributed by atoms with Gasteiger partial charge in [0.05, 0.1) is 0 Å². The van der Waals surface area contributed by atoms with Crippen molar-refractivity contribution in [3.63, 3.8) is 0 Å². The van der Waals surface area contributed by atoms with Gasteiger partial charge in [0.1, 0.15) is 0 Å². The van der Waals surface area contributed by atoms with Crippen molar-refractivity contribution >= 4 is 23.8 Å². The molecule has 0 saturated heterocycles. The van der Waals surface area contributed by atoms with Gasteiger partial charge >= 0.3 is 0 Å². The Morgan fingerprint density at radius 3 is 1.05 bits per heavy atom. The summed E-state index contributed by atoms with van der Waals surface area (Å²) in [6.07, 6.45) is 0. The zero-order chi connectivity index (χ0) is 15.6. The molecule has 0 aliphatic carbocycles. The lowest BCUT2D eigenvalue weighted by molar-refractivity contribution is -0.284. The summed E-state index contributed by atoms with van der Waals surface area (Å²) in [7, 11) is -0.446. The van der Waals surface area contributed by atoms with Crippen molar-refractivity contribution in [3.05, 3.63) is 101 Å². The second-order valence-corrected chi connectivity index (χ2v) is 6.63. The van der Waals surface area contributed by atoms with E-state index in [1.54, 1.807) is 4.75 Å². The Morgan fingerprint density at radius 1 is 0.591 bits per heavy atom. The molecule has 3 aromatic rings. The zero-order valence-electron chi connectivity index (χ0n) is 11.8. The lowest BCUT2D eigenvalue weighted by Gasteiger charge is -2.18.